The average molecular weight is 425 g/mol. The van der Waals surface area contributed by atoms with Crippen LogP contribution in [0.4, 0.5) is 0 Å². The van der Waals surface area contributed by atoms with Crippen molar-refractivity contribution in [3.8, 4) is 0 Å². The fraction of sp³-hybridized carbons (Fsp3) is 0.875. The van der Waals surface area contributed by atoms with E-state index in [4.69, 9.17) is 4.74 Å². The van der Waals surface area contributed by atoms with E-state index in [9.17, 15) is 14.4 Å². The Hall–Kier alpha value is -1.59. The molecule has 0 aliphatic heterocycles. The molecule has 0 heterocycles. The van der Waals surface area contributed by atoms with Crippen LogP contribution in [0.25, 0.3) is 0 Å². The number of rotatable bonds is 12. The zero-order valence-corrected chi connectivity index (χ0v) is 20.0. The van der Waals surface area contributed by atoms with Crippen LogP contribution < -0.4 is 10.6 Å². The number of hydrogen-bond acceptors (Lipinski definition) is 4. The molecule has 0 aromatic rings. The molecule has 0 saturated heterocycles. The highest BCUT2D eigenvalue weighted by Gasteiger charge is 2.33. The third kappa shape index (κ3) is 8.65. The summed E-state index contributed by atoms with van der Waals surface area (Å²) < 4.78 is 4.80. The molecule has 0 spiro atoms. The summed E-state index contributed by atoms with van der Waals surface area (Å²) in [5.41, 5.74) is 0. The summed E-state index contributed by atoms with van der Waals surface area (Å²) in [6.45, 7) is 9.74. The second kappa shape index (κ2) is 13.7. The minimum absolute atomic E-state index is 0.0209. The Morgan fingerprint density at radius 1 is 0.867 bits per heavy atom. The van der Waals surface area contributed by atoms with Crippen LogP contribution >= 0.6 is 0 Å². The van der Waals surface area contributed by atoms with Gasteiger partial charge in [-0.1, -0.05) is 66.7 Å². The summed E-state index contributed by atoms with van der Waals surface area (Å²) in [4.78, 5) is 37.6. The topological polar surface area (TPSA) is 84.5 Å². The van der Waals surface area contributed by atoms with Crippen LogP contribution in [-0.4, -0.2) is 37.0 Å². The normalized spacial score (nSPS) is 21.2. The van der Waals surface area contributed by atoms with E-state index < -0.39 is 18.1 Å². The number of carbonyl (C=O) groups excluding carboxylic acids is 3. The van der Waals surface area contributed by atoms with Gasteiger partial charge in [-0.2, -0.15) is 0 Å². The molecule has 1 aliphatic rings. The van der Waals surface area contributed by atoms with Gasteiger partial charge >= 0.3 is 5.97 Å². The van der Waals surface area contributed by atoms with Gasteiger partial charge in [-0.05, 0) is 43.4 Å². The standard InChI is InChI=1S/C24H44N2O4/c1-7-8-9-10-11-18-12-14-19(15-13-18)22(27)25-20(16(2)3)23(28)26-21(17(4)5)24(29)30-6/h16-21H,7-15H2,1-6H3,(H,25,27)(H,26,28)/t18?,19?,20-,21-/m1/s1. The maximum atomic E-state index is 12.9. The quantitative estimate of drug-likeness (QED) is 0.363. The Morgan fingerprint density at radius 3 is 1.97 bits per heavy atom. The number of methoxy groups -OCH3 is 1. The number of nitrogens with one attached hydrogen (secondary N) is 2. The zero-order chi connectivity index (χ0) is 22.7. The molecule has 30 heavy (non-hydrogen) atoms. The second-order valence-electron chi connectivity index (χ2n) is 9.55. The molecule has 1 aliphatic carbocycles. The van der Waals surface area contributed by atoms with Crippen molar-refractivity contribution in [2.45, 2.75) is 104 Å². The molecule has 0 aromatic carbocycles. The fourth-order valence-corrected chi connectivity index (χ4v) is 4.25. The van der Waals surface area contributed by atoms with Gasteiger partial charge in [0, 0.05) is 5.92 Å². The molecule has 1 fully saturated rings. The molecular weight excluding hydrogens is 380 g/mol. The average Bonchev–Trinajstić information content (AvgIpc) is 2.72. The summed E-state index contributed by atoms with van der Waals surface area (Å²) in [5.74, 6) is -0.287. The Labute approximate surface area is 183 Å². The van der Waals surface area contributed by atoms with Crippen LogP contribution in [0.1, 0.15) is 92.4 Å². The van der Waals surface area contributed by atoms with Crippen LogP contribution in [-0.2, 0) is 19.1 Å². The lowest BCUT2D eigenvalue weighted by Gasteiger charge is -2.31. The van der Waals surface area contributed by atoms with Crippen LogP contribution in [0, 0.1) is 23.7 Å². The Kier molecular flexibility index (Phi) is 12.0. The molecule has 2 amide bonds. The predicted molar refractivity (Wildman–Crippen MR) is 120 cm³/mol. The van der Waals surface area contributed by atoms with Gasteiger partial charge in [0.25, 0.3) is 0 Å². The van der Waals surface area contributed by atoms with Crippen molar-refractivity contribution in [1.82, 2.24) is 10.6 Å². The lowest BCUT2D eigenvalue weighted by molar-refractivity contribution is -0.147. The SMILES string of the molecule is CCCCCCC1CCC(C(=O)N[C@@H](C(=O)N[C@@H](C(=O)OC)C(C)C)C(C)C)CC1. The van der Waals surface area contributed by atoms with E-state index in [1.807, 2.05) is 27.7 Å². The summed E-state index contributed by atoms with van der Waals surface area (Å²) >= 11 is 0. The Balaban J connectivity index is 2.57. The Morgan fingerprint density at radius 2 is 1.47 bits per heavy atom. The van der Waals surface area contributed by atoms with E-state index in [1.165, 1.54) is 39.2 Å². The van der Waals surface area contributed by atoms with Crippen molar-refractivity contribution in [2.24, 2.45) is 23.7 Å². The van der Waals surface area contributed by atoms with Crippen molar-refractivity contribution < 1.29 is 19.1 Å². The van der Waals surface area contributed by atoms with Gasteiger partial charge in [-0.15, -0.1) is 0 Å². The number of esters is 1. The largest absolute Gasteiger partial charge is 0.467 e. The molecule has 1 rings (SSSR count). The van der Waals surface area contributed by atoms with E-state index >= 15 is 0 Å². The molecule has 2 atom stereocenters. The van der Waals surface area contributed by atoms with Gasteiger partial charge in [-0.3, -0.25) is 9.59 Å². The van der Waals surface area contributed by atoms with Crippen molar-refractivity contribution in [3.05, 3.63) is 0 Å². The van der Waals surface area contributed by atoms with Crippen LogP contribution in [0.3, 0.4) is 0 Å². The highest BCUT2D eigenvalue weighted by molar-refractivity contribution is 5.91. The molecule has 6 heteroatoms. The third-order valence-corrected chi connectivity index (χ3v) is 6.35. The van der Waals surface area contributed by atoms with Gasteiger partial charge in [0.05, 0.1) is 7.11 Å². The van der Waals surface area contributed by atoms with Crippen molar-refractivity contribution >= 4 is 17.8 Å². The number of hydrogen-bond donors (Lipinski definition) is 2. The number of ether oxygens (including phenoxy) is 1. The van der Waals surface area contributed by atoms with E-state index in [0.717, 1.165) is 31.6 Å². The molecule has 0 radical (unpaired) electrons. The van der Waals surface area contributed by atoms with Crippen LogP contribution in [0.5, 0.6) is 0 Å². The zero-order valence-electron chi connectivity index (χ0n) is 20.0. The first-order valence-corrected chi connectivity index (χ1v) is 11.9. The molecular formula is C24H44N2O4. The van der Waals surface area contributed by atoms with E-state index in [2.05, 4.69) is 17.6 Å². The molecule has 1 saturated carbocycles. The molecule has 6 nitrogen and oxygen atoms in total. The number of amides is 2. The van der Waals surface area contributed by atoms with Crippen molar-refractivity contribution in [1.29, 1.82) is 0 Å². The first-order chi connectivity index (χ1) is 14.2. The first kappa shape index (κ1) is 26.4. The third-order valence-electron chi connectivity index (χ3n) is 6.35. The first-order valence-electron chi connectivity index (χ1n) is 11.9. The number of unbranched alkanes of at least 4 members (excludes halogenated alkanes) is 3. The minimum Gasteiger partial charge on any atom is -0.467 e. The second-order valence-corrected chi connectivity index (χ2v) is 9.55. The minimum atomic E-state index is -0.719. The predicted octanol–water partition coefficient (Wildman–Crippen LogP) is 4.22. The summed E-state index contributed by atoms with van der Waals surface area (Å²) in [5, 5.41) is 5.73. The highest BCUT2D eigenvalue weighted by Crippen LogP contribution is 2.32. The van der Waals surface area contributed by atoms with Crippen LogP contribution in [0.15, 0.2) is 0 Å². The Bertz CT molecular complexity index is 539. The van der Waals surface area contributed by atoms with E-state index in [1.54, 1.807) is 0 Å². The van der Waals surface area contributed by atoms with E-state index in [-0.39, 0.29) is 29.6 Å². The summed E-state index contributed by atoms with van der Waals surface area (Å²) in [7, 11) is 1.31. The lowest BCUT2D eigenvalue weighted by atomic mass is 9.79. The van der Waals surface area contributed by atoms with Crippen LogP contribution in [0.2, 0.25) is 0 Å². The molecule has 174 valence electrons. The molecule has 0 aromatic heterocycles. The molecule has 2 N–H and O–H groups in total. The maximum absolute atomic E-state index is 12.9. The van der Waals surface area contributed by atoms with Crippen molar-refractivity contribution in [2.75, 3.05) is 7.11 Å². The molecule has 0 unspecified atom stereocenters. The van der Waals surface area contributed by atoms with E-state index in [0.29, 0.717) is 0 Å². The fourth-order valence-electron chi connectivity index (χ4n) is 4.25. The summed E-state index contributed by atoms with van der Waals surface area (Å²) in [6, 6.07) is -1.38. The maximum Gasteiger partial charge on any atom is 0.328 e. The van der Waals surface area contributed by atoms with Gasteiger partial charge < -0.3 is 15.4 Å². The van der Waals surface area contributed by atoms with Gasteiger partial charge in [-0.25, -0.2) is 4.79 Å². The van der Waals surface area contributed by atoms with Gasteiger partial charge in [0.2, 0.25) is 11.8 Å². The van der Waals surface area contributed by atoms with Gasteiger partial charge in [0.1, 0.15) is 12.1 Å². The monoisotopic (exact) mass is 424 g/mol. The number of carbonyl (C=O) groups is 3. The van der Waals surface area contributed by atoms with Gasteiger partial charge in [0.15, 0.2) is 0 Å². The highest BCUT2D eigenvalue weighted by atomic mass is 16.5. The molecule has 0 bridgehead atoms. The smallest absolute Gasteiger partial charge is 0.328 e. The lowest BCUT2D eigenvalue weighted by Crippen LogP contribution is -2.56. The summed E-state index contributed by atoms with van der Waals surface area (Å²) in [6.07, 6.45) is 10.4. The van der Waals surface area contributed by atoms with Crippen molar-refractivity contribution in [3.63, 3.8) is 0 Å².